The lowest BCUT2D eigenvalue weighted by Crippen LogP contribution is -2.61. The molecule has 69 heavy (non-hydrogen) atoms. The van der Waals surface area contributed by atoms with Gasteiger partial charge in [-0.3, -0.25) is 19.2 Å². The van der Waals surface area contributed by atoms with Crippen LogP contribution < -0.4 is 0 Å². The molecule has 1 aromatic heterocycles. The van der Waals surface area contributed by atoms with E-state index in [2.05, 4.69) is 15.4 Å². The maximum absolute atomic E-state index is 14.5. The Morgan fingerprint density at radius 3 is 2.33 bits per heavy atom. The van der Waals surface area contributed by atoms with E-state index in [-0.39, 0.29) is 60.9 Å². The first kappa shape index (κ1) is 55.7. The first-order valence-corrected chi connectivity index (χ1v) is 25.0. The molecule has 1 saturated carbocycles. The molecule has 1 aliphatic carbocycles. The molecule has 17 heteroatoms. The zero-order chi connectivity index (χ0) is 50.6. The minimum Gasteiger partial charge on any atom is -0.460 e. The van der Waals surface area contributed by atoms with Gasteiger partial charge in [0, 0.05) is 58.5 Å². The number of Topliss-reactive ketones (excluding diaryl/α,β-unsaturated/α-hetero) is 3. The van der Waals surface area contributed by atoms with E-state index < -0.39 is 77.8 Å². The Morgan fingerprint density at radius 2 is 1.65 bits per heavy atom. The molecule has 0 aromatic carbocycles. The van der Waals surface area contributed by atoms with Gasteiger partial charge in [-0.15, -0.1) is 10.2 Å². The van der Waals surface area contributed by atoms with Gasteiger partial charge in [0.2, 0.25) is 5.79 Å². The van der Waals surface area contributed by atoms with Gasteiger partial charge in [0.05, 0.1) is 30.5 Å². The van der Waals surface area contributed by atoms with E-state index in [1.54, 1.807) is 45.9 Å². The monoisotopic (exact) mass is 966 g/mol. The standard InChI is InChI=1S/C52H79N5O12/c1-31-16-12-11-13-17-32(2)43(65-8)28-39-21-19-37(7)52(64,69-39)49(61)50(62)56-23-15-14-18-41(56)51(63)68-44(34(4)26-38-20-22-40(45(27-38)66-9)57-54-30-53-55-57)29-42(58)33(3)25-36(6)47(60)48(67-10)46(59)35(5)24-31/h11-13,16-17,25,30-31,34-41,43-45,47-48,60,64H,14-15,18-24,26-29H2,1-10H3/t31-,34-,35?,36?,37-,38+,39?,40+,41?,43+,44+,45?,47-,48?,52-/m1/s1. The molecule has 15 atom stereocenters. The molecule has 6 unspecified atom stereocenters. The van der Waals surface area contributed by atoms with Crippen LogP contribution in [0, 0.1) is 35.5 Å². The smallest absolute Gasteiger partial charge is 0.329 e. The highest BCUT2D eigenvalue weighted by atomic mass is 16.6. The highest BCUT2D eigenvalue weighted by Crippen LogP contribution is 2.39. The van der Waals surface area contributed by atoms with Gasteiger partial charge in [0.25, 0.3) is 11.7 Å². The summed E-state index contributed by atoms with van der Waals surface area (Å²) in [5.41, 5.74) is 1.20. The average Bonchev–Trinajstić information content (AvgIpc) is 3.88. The number of fused-ring (bicyclic) bond motifs is 3. The fourth-order valence-corrected chi connectivity index (χ4v) is 10.7. The number of ketones is 3. The number of esters is 1. The van der Waals surface area contributed by atoms with E-state index in [4.69, 9.17) is 23.7 Å². The maximum Gasteiger partial charge on any atom is 0.329 e. The van der Waals surface area contributed by atoms with Crippen LogP contribution in [0.3, 0.4) is 0 Å². The number of rotatable bonds is 7. The number of amides is 1. The number of methoxy groups -OCH3 is 3. The van der Waals surface area contributed by atoms with Gasteiger partial charge in [0.1, 0.15) is 18.2 Å². The van der Waals surface area contributed by atoms with Crippen molar-refractivity contribution in [2.75, 3.05) is 27.9 Å². The average molecular weight is 966 g/mol. The largest absolute Gasteiger partial charge is 0.460 e. The summed E-state index contributed by atoms with van der Waals surface area (Å²) >= 11 is 0. The van der Waals surface area contributed by atoms with Crippen molar-refractivity contribution >= 4 is 29.2 Å². The van der Waals surface area contributed by atoms with Crippen molar-refractivity contribution in [2.24, 2.45) is 35.5 Å². The molecule has 2 saturated heterocycles. The van der Waals surface area contributed by atoms with Crippen LogP contribution in [-0.4, -0.2) is 141 Å². The lowest BCUT2D eigenvalue weighted by atomic mass is 9.78. The second-order valence-corrected chi connectivity index (χ2v) is 20.4. The number of hydrogen-bond donors (Lipinski definition) is 2. The third-order valence-electron chi connectivity index (χ3n) is 15.2. The Balaban J connectivity index is 1.46. The van der Waals surface area contributed by atoms with Crippen molar-refractivity contribution in [1.29, 1.82) is 0 Å². The van der Waals surface area contributed by atoms with Crippen LogP contribution in [0.1, 0.15) is 132 Å². The van der Waals surface area contributed by atoms with E-state index >= 15 is 0 Å². The number of allylic oxidation sites excluding steroid dienone is 6. The van der Waals surface area contributed by atoms with Crippen molar-refractivity contribution < 1.29 is 57.9 Å². The van der Waals surface area contributed by atoms with Gasteiger partial charge in [-0.05, 0) is 112 Å². The number of piperidine rings is 1. The van der Waals surface area contributed by atoms with E-state index in [9.17, 15) is 34.2 Å². The summed E-state index contributed by atoms with van der Waals surface area (Å²) in [5.74, 6) is -7.91. The maximum atomic E-state index is 14.5. The summed E-state index contributed by atoms with van der Waals surface area (Å²) in [7, 11) is 4.62. The molecule has 3 aliphatic heterocycles. The molecule has 17 nitrogen and oxygen atoms in total. The summed E-state index contributed by atoms with van der Waals surface area (Å²) in [4.78, 5) is 73.9. The highest BCUT2D eigenvalue weighted by Gasteiger charge is 2.53. The number of ether oxygens (including phenoxy) is 5. The molecule has 4 aliphatic rings. The minimum atomic E-state index is -2.43. The number of tetrazole rings is 1. The van der Waals surface area contributed by atoms with Crippen molar-refractivity contribution in [3.8, 4) is 0 Å². The van der Waals surface area contributed by atoms with Crippen LogP contribution in [0.15, 0.2) is 53.9 Å². The Bertz CT molecular complexity index is 2020. The summed E-state index contributed by atoms with van der Waals surface area (Å²) in [6, 6.07) is -1.25. The molecular weight excluding hydrogens is 887 g/mol. The third-order valence-corrected chi connectivity index (χ3v) is 15.2. The lowest BCUT2D eigenvalue weighted by Gasteiger charge is -2.42. The normalized spacial score (nSPS) is 36.3. The van der Waals surface area contributed by atoms with Gasteiger partial charge in [-0.2, -0.15) is 4.80 Å². The van der Waals surface area contributed by atoms with E-state index in [1.165, 1.54) is 18.3 Å². The first-order valence-electron chi connectivity index (χ1n) is 25.0. The number of aliphatic hydroxyl groups is 2. The molecule has 5 rings (SSSR count). The predicted octanol–water partition coefficient (Wildman–Crippen LogP) is 6.05. The predicted molar refractivity (Wildman–Crippen MR) is 256 cm³/mol. The Hall–Kier alpha value is -4.26. The number of carbonyl (C=O) groups excluding carboxylic acids is 5. The second kappa shape index (κ2) is 25.7. The lowest BCUT2D eigenvalue weighted by molar-refractivity contribution is -0.265. The molecule has 2 bridgehead atoms. The molecule has 4 heterocycles. The topological polar surface area (TPSA) is 219 Å². The number of nitrogens with zero attached hydrogens (tertiary/aromatic N) is 5. The molecule has 384 valence electrons. The van der Waals surface area contributed by atoms with Crippen LogP contribution in [0.25, 0.3) is 0 Å². The number of aromatic nitrogens is 4. The van der Waals surface area contributed by atoms with E-state index in [1.807, 2.05) is 58.1 Å². The van der Waals surface area contributed by atoms with Gasteiger partial charge in [0.15, 0.2) is 17.9 Å². The van der Waals surface area contributed by atoms with Crippen molar-refractivity contribution in [2.45, 2.75) is 180 Å². The van der Waals surface area contributed by atoms with E-state index in [0.29, 0.717) is 56.9 Å². The summed E-state index contributed by atoms with van der Waals surface area (Å²) < 4.78 is 29.9. The van der Waals surface area contributed by atoms with Gasteiger partial charge in [-0.25, -0.2) is 4.79 Å². The number of hydrogen-bond acceptors (Lipinski definition) is 15. The van der Waals surface area contributed by atoms with Crippen molar-refractivity contribution in [3.63, 3.8) is 0 Å². The van der Waals surface area contributed by atoms with Gasteiger partial charge in [-0.1, -0.05) is 71.1 Å². The first-order chi connectivity index (χ1) is 32.8. The summed E-state index contributed by atoms with van der Waals surface area (Å²) in [6.07, 6.45) is 13.7. The molecular formula is C52H79N5O12. The van der Waals surface area contributed by atoms with Crippen molar-refractivity contribution in [1.82, 2.24) is 25.1 Å². The Labute approximate surface area is 408 Å². The van der Waals surface area contributed by atoms with Gasteiger partial charge >= 0.3 is 5.97 Å². The summed E-state index contributed by atoms with van der Waals surface area (Å²) in [5, 5.41) is 35.7. The fraction of sp³-hybridized carbons (Fsp3) is 0.731. The van der Waals surface area contributed by atoms with Gasteiger partial charge < -0.3 is 38.8 Å². The molecule has 3 fully saturated rings. The highest BCUT2D eigenvalue weighted by molar-refractivity contribution is 6.39. The molecule has 1 amide bonds. The van der Waals surface area contributed by atoms with Crippen LogP contribution >= 0.6 is 0 Å². The third kappa shape index (κ3) is 14.2. The molecule has 0 spiro atoms. The van der Waals surface area contributed by atoms with Crippen molar-refractivity contribution in [3.05, 3.63) is 53.9 Å². The Kier molecular flexibility index (Phi) is 20.8. The van der Waals surface area contributed by atoms with Crippen LogP contribution in [0.2, 0.25) is 0 Å². The molecule has 2 N–H and O–H groups in total. The fourth-order valence-electron chi connectivity index (χ4n) is 10.7. The Morgan fingerprint density at radius 1 is 0.899 bits per heavy atom. The van der Waals surface area contributed by atoms with E-state index in [0.717, 1.165) is 18.4 Å². The van der Waals surface area contributed by atoms with Crippen LogP contribution in [-0.2, 0) is 47.7 Å². The molecule has 0 radical (unpaired) electrons. The number of carbonyl (C=O) groups is 5. The molecule has 1 aromatic rings. The number of aliphatic hydroxyl groups excluding tert-OH is 1. The zero-order valence-corrected chi connectivity index (χ0v) is 42.5. The SMILES string of the molecule is COC1C(=O)C(C)C[C@H](C)C=CC=CC=C(C)[C@@H](OC)CC2CC[C@@H](C)[C@@](O)(O2)C(=O)C(=O)N2CCCCC2C(=O)O[C@H]([C@H](C)C[C@@H]2CC[C@H](n3ncnn3)C(OC)C2)CC(=O)C(C)=CC(C)[C@H]1O. The minimum absolute atomic E-state index is 0.0195. The van der Waals surface area contributed by atoms with Crippen LogP contribution in [0.5, 0.6) is 0 Å². The zero-order valence-electron chi connectivity index (χ0n) is 42.5. The number of cyclic esters (lactones) is 1. The second-order valence-electron chi connectivity index (χ2n) is 20.4. The van der Waals surface area contributed by atoms with Crippen LogP contribution in [0.4, 0.5) is 0 Å². The quantitative estimate of drug-likeness (QED) is 0.235. The summed E-state index contributed by atoms with van der Waals surface area (Å²) in [6.45, 7) is 12.8.